The van der Waals surface area contributed by atoms with Gasteiger partial charge in [0, 0.05) is 16.6 Å². The molecule has 0 aromatic carbocycles. The number of nitrogen functional groups attached to an aromatic ring is 1. The Hall–Kier alpha value is -1.03. The van der Waals surface area contributed by atoms with Gasteiger partial charge >= 0.3 is 0 Å². The van der Waals surface area contributed by atoms with Crippen molar-refractivity contribution in [1.82, 2.24) is 5.32 Å². The molecule has 0 spiro atoms. The SMILES string of the molecule is CCC1(NC(=O)c2cc(N)cs2)CC1. The third-order valence-corrected chi connectivity index (χ3v) is 3.70. The van der Waals surface area contributed by atoms with Crippen molar-refractivity contribution >= 4 is 22.9 Å². The van der Waals surface area contributed by atoms with Crippen LogP contribution in [0, 0.1) is 0 Å². The van der Waals surface area contributed by atoms with Crippen LogP contribution in [-0.4, -0.2) is 11.4 Å². The zero-order chi connectivity index (χ0) is 10.2. The predicted molar refractivity (Wildman–Crippen MR) is 58.5 cm³/mol. The second-order valence-corrected chi connectivity index (χ2v) is 4.74. The first kappa shape index (κ1) is 9.52. The van der Waals surface area contributed by atoms with E-state index in [-0.39, 0.29) is 11.4 Å². The first-order chi connectivity index (χ1) is 6.65. The Morgan fingerprint density at radius 2 is 2.43 bits per heavy atom. The maximum Gasteiger partial charge on any atom is 0.261 e. The van der Waals surface area contributed by atoms with Gasteiger partial charge in [-0.2, -0.15) is 0 Å². The minimum absolute atomic E-state index is 0.0195. The number of carbonyl (C=O) groups is 1. The smallest absolute Gasteiger partial charge is 0.261 e. The van der Waals surface area contributed by atoms with E-state index in [0.717, 1.165) is 19.3 Å². The van der Waals surface area contributed by atoms with Gasteiger partial charge in [-0.15, -0.1) is 11.3 Å². The molecule has 76 valence electrons. The first-order valence-corrected chi connectivity index (χ1v) is 5.70. The monoisotopic (exact) mass is 210 g/mol. The minimum atomic E-state index is 0.0195. The molecule has 1 heterocycles. The highest BCUT2D eigenvalue weighted by molar-refractivity contribution is 7.12. The number of anilines is 1. The number of nitrogens with one attached hydrogen (secondary N) is 1. The molecule has 0 aliphatic heterocycles. The standard InChI is InChI=1S/C10H14N2OS/c1-2-10(3-4-10)12-9(13)8-5-7(11)6-14-8/h5-6H,2-4,11H2,1H3,(H,12,13). The topological polar surface area (TPSA) is 55.1 Å². The molecule has 3 N–H and O–H groups in total. The molecule has 0 bridgehead atoms. The predicted octanol–water partition coefficient (Wildman–Crippen LogP) is 2.00. The molecule has 1 saturated carbocycles. The lowest BCUT2D eigenvalue weighted by molar-refractivity contribution is 0.0934. The van der Waals surface area contributed by atoms with E-state index >= 15 is 0 Å². The summed E-state index contributed by atoms with van der Waals surface area (Å²) in [7, 11) is 0. The normalized spacial score (nSPS) is 17.8. The van der Waals surface area contributed by atoms with Crippen molar-refractivity contribution in [2.24, 2.45) is 0 Å². The summed E-state index contributed by atoms with van der Waals surface area (Å²) in [5.41, 5.74) is 6.32. The van der Waals surface area contributed by atoms with Crippen LogP contribution >= 0.6 is 11.3 Å². The van der Waals surface area contributed by atoms with Crippen LogP contribution in [0.3, 0.4) is 0 Å². The molecule has 0 unspecified atom stereocenters. The molecule has 1 fully saturated rings. The Kier molecular flexibility index (Phi) is 2.23. The first-order valence-electron chi connectivity index (χ1n) is 4.82. The summed E-state index contributed by atoms with van der Waals surface area (Å²) in [5, 5.41) is 4.85. The highest BCUT2D eigenvalue weighted by atomic mass is 32.1. The van der Waals surface area contributed by atoms with E-state index in [1.165, 1.54) is 11.3 Å². The Bertz CT molecular complexity index is 355. The van der Waals surface area contributed by atoms with Crippen LogP contribution in [0.25, 0.3) is 0 Å². The van der Waals surface area contributed by atoms with E-state index in [2.05, 4.69) is 12.2 Å². The highest BCUT2D eigenvalue weighted by Gasteiger charge is 2.42. The van der Waals surface area contributed by atoms with Gasteiger partial charge < -0.3 is 11.1 Å². The molecular weight excluding hydrogens is 196 g/mol. The van der Waals surface area contributed by atoms with Crippen LogP contribution in [0.2, 0.25) is 0 Å². The van der Waals surface area contributed by atoms with Crippen molar-refractivity contribution in [2.45, 2.75) is 31.7 Å². The number of nitrogens with two attached hydrogens (primary N) is 1. The molecule has 4 heteroatoms. The molecule has 0 saturated heterocycles. The second kappa shape index (κ2) is 3.28. The maximum atomic E-state index is 11.7. The summed E-state index contributed by atoms with van der Waals surface area (Å²) in [6.07, 6.45) is 3.23. The third-order valence-electron chi connectivity index (χ3n) is 2.75. The Labute approximate surface area is 87.3 Å². The van der Waals surface area contributed by atoms with Crippen LogP contribution in [0.1, 0.15) is 35.9 Å². The van der Waals surface area contributed by atoms with E-state index < -0.39 is 0 Å². The molecule has 1 aliphatic rings. The lowest BCUT2D eigenvalue weighted by Gasteiger charge is -2.13. The van der Waals surface area contributed by atoms with Crippen molar-refractivity contribution in [3.63, 3.8) is 0 Å². The van der Waals surface area contributed by atoms with Crippen molar-refractivity contribution < 1.29 is 4.79 Å². The van der Waals surface area contributed by atoms with Crippen LogP contribution in [-0.2, 0) is 0 Å². The van der Waals surface area contributed by atoms with E-state index in [1.54, 1.807) is 11.4 Å². The number of carbonyl (C=O) groups excluding carboxylic acids is 1. The van der Waals surface area contributed by atoms with Gasteiger partial charge in [0.25, 0.3) is 5.91 Å². The Morgan fingerprint density at radius 3 is 2.86 bits per heavy atom. The number of hydrogen-bond acceptors (Lipinski definition) is 3. The average Bonchev–Trinajstić information content (AvgIpc) is 2.80. The van der Waals surface area contributed by atoms with Crippen LogP contribution in [0.4, 0.5) is 5.69 Å². The summed E-state index contributed by atoms with van der Waals surface area (Å²) >= 11 is 1.40. The van der Waals surface area contributed by atoms with Gasteiger partial charge in [0.15, 0.2) is 0 Å². The lowest BCUT2D eigenvalue weighted by atomic mass is 10.2. The van der Waals surface area contributed by atoms with Gasteiger partial charge in [-0.3, -0.25) is 4.79 Å². The molecule has 2 rings (SSSR count). The number of rotatable bonds is 3. The number of thiophene rings is 1. The third kappa shape index (κ3) is 1.75. The van der Waals surface area contributed by atoms with Gasteiger partial charge in [0.05, 0.1) is 4.88 Å². The van der Waals surface area contributed by atoms with Crippen molar-refractivity contribution in [1.29, 1.82) is 0 Å². The zero-order valence-electron chi connectivity index (χ0n) is 8.17. The van der Waals surface area contributed by atoms with Gasteiger partial charge in [-0.1, -0.05) is 6.92 Å². The summed E-state index contributed by atoms with van der Waals surface area (Å²) in [6, 6.07) is 1.73. The minimum Gasteiger partial charge on any atom is -0.398 e. The number of amides is 1. The van der Waals surface area contributed by atoms with E-state index in [1.807, 2.05) is 0 Å². The molecule has 1 aromatic rings. The molecule has 3 nitrogen and oxygen atoms in total. The summed E-state index contributed by atoms with van der Waals surface area (Å²) in [6.45, 7) is 2.11. The van der Waals surface area contributed by atoms with Crippen molar-refractivity contribution in [3.8, 4) is 0 Å². The quantitative estimate of drug-likeness (QED) is 0.801. The average molecular weight is 210 g/mol. The largest absolute Gasteiger partial charge is 0.398 e. The molecule has 1 aromatic heterocycles. The summed E-state index contributed by atoms with van der Waals surface area (Å²) in [4.78, 5) is 12.4. The van der Waals surface area contributed by atoms with Gasteiger partial charge in [0.2, 0.25) is 0 Å². The van der Waals surface area contributed by atoms with Gasteiger partial charge in [-0.25, -0.2) is 0 Å². The fraction of sp³-hybridized carbons (Fsp3) is 0.500. The van der Waals surface area contributed by atoms with Crippen LogP contribution < -0.4 is 11.1 Å². The van der Waals surface area contributed by atoms with E-state index in [4.69, 9.17) is 5.73 Å². The molecule has 14 heavy (non-hydrogen) atoms. The lowest BCUT2D eigenvalue weighted by Crippen LogP contribution is -2.35. The molecule has 1 aliphatic carbocycles. The van der Waals surface area contributed by atoms with Gasteiger partial charge in [-0.05, 0) is 25.3 Å². The summed E-state index contributed by atoms with van der Waals surface area (Å²) < 4.78 is 0. The second-order valence-electron chi connectivity index (χ2n) is 3.83. The Morgan fingerprint density at radius 1 is 1.71 bits per heavy atom. The number of hydrogen-bond donors (Lipinski definition) is 2. The van der Waals surface area contributed by atoms with E-state index in [0.29, 0.717) is 10.6 Å². The van der Waals surface area contributed by atoms with Crippen LogP contribution in [0.15, 0.2) is 11.4 Å². The molecular formula is C10H14N2OS. The highest BCUT2D eigenvalue weighted by Crippen LogP contribution is 2.38. The summed E-state index contributed by atoms with van der Waals surface area (Å²) in [5.74, 6) is 0.0195. The van der Waals surface area contributed by atoms with Crippen molar-refractivity contribution in [2.75, 3.05) is 5.73 Å². The zero-order valence-corrected chi connectivity index (χ0v) is 8.99. The molecule has 0 radical (unpaired) electrons. The maximum absolute atomic E-state index is 11.7. The molecule has 1 amide bonds. The fourth-order valence-corrected chi connectivity index (χ4v) is 2.18. The fourth-order valence-electron chi connectivity index (χ4n) is 1.49. The van der Waals surface area contributed by atoms with Crippen LogP contribution in [0.5, 0.6) is 0 Å². The van der Waals surface area contributed by atoms with Gasteiger partial charge in [0.1, 0.15) is 0 Å². The Balaban J connectivity index is 2.03. The van der Waals surface area contributed by atoms with Crippen molar-refractivity contribution in [3.05, 3.63) is 16.3 Å². The van der Waals surface area contributed by atoms with E-state index in [9.17, 15) is 4.79 Å². The molecule has 0 atom stereocenters.